The molecule has 7 heteroatoms. The lowest BCUT2D eigenvalue weighted by Crippen LogP contribution is -2.29. The summed E-state index contributed by atoms with van der Waals surface area (Å²) in [7, 11) is 0. The van der Waals surface area contributed by atoms with Crippen LogP contribution in [0.1, 0.15) is 29.7 Å². The Hall–Kier alpha value is -3.28. The summed E-state index contributed by atoms with van der Waals surface area (Å²) in [6.07, 6.45) is 0. The van der Waals surface area contributed by atoms with E-state index in [0.717, 1.165) is 5.56 Å². The van der Waals surface area contributed by atoms with Crippen molar-refractivity contribution < 1.29 is 19.4 Å². The Labute approximate surface area is 201 Å². The number of rotatable bonds is 5. The first-order valence-electron chi connectivity index (χ1n) is 10.4. The molecule has 3 aromatic carbocycles. The quantitative estimate of drug-likeness (QED) is 0.262. The molecule has 5 nitrogen and oxygen atoms in total. The zero-order valence-corrected chi connectivity index (χ0v) is 19.5. The number of halogens is 2. The highest BCUT2D eigenvalue weighted by Gasteiger charge is 2.47. The molecule has 1 aliphatic rings. The third-order valence-electron chi connectivity index (χ3n) is 5.39. The first kappa shape index (κ1) is 22.9. The largest absolute Gasteiger partial charge is 0.507 e. The van der Waals surface area contributed by atoms with Crippen LogP contribution >= 0.6 is 23.2 Å². The van der Waals surface area contributed by atoms with Gasteiger partial charge in [0, 0.05) is 16.3 Å². The molecule has 0 aromatic heterocycles. The molecule has 1 saturated heterocycles. The maximum absolute atomic E-state index is 13.3. The van der Waals surface area contributed by atoms with Gasteiger partial charge in [-0.15, -0.1) is 0 Å². The molecule has 1 aliphatic heterocycles. The van der Waals surface area contributed by atoms with Gasteiger partial charge in [-0.05, 0) is 55.8 Å². The summed E-state index contributed by atoms with van der Waals surface area (Å²) >= 11 is 12.5. The second-order valence-electron chi connectivity index (χ2n) is 7.64. The molecular weight excluding hydrogens is 461 g/mol. The lowest BCUT2D eigenvalue weighted by molar-refractivity contribution is -0.132. The average molecular weight is 482 g/mol. The predicted molar refractivity (Wildman–Crippen MR) is 130 cm³/mol. The lowest BCUT2D eigenvalue weighted by atomic mass is 9.94. The fourth-order valence-corrected chi connectivity index (χ4v) is 4.36. The molecule has 1 atom stereocenters. The Morgan fingerprint density at radius 2 is 1.79 bits per heavy atom. The van der Waals surface area contributed by atoms with Crippen molar-refractivity contribution in [2.75, 3.05) is 11.5 Å². The molecule has 1 unspecified atom stereocenters. The molecule has 1 fully saturated rings. The van der Waals surface area contributed by atoms with Crippen molar-refractivity contribution in [1.29, 1.82) is 0 Å². The number of carbonyl (C=O) groups is 2. The summed E-state index contributed by atoms with van der Waals surface area (Å²) < 4.78 is 5.52. The molecule has 1 N–H and O–H groups in total. The van der Waals surface area contributed by atoms with E-state index in [1.165, 1.54) is 4.90 Å². The SMILES string of the molecule is CCOc1ccc(Cl)c(/C(O)=C2\C(=O)C(=O)N(c3cccc(Cl)c3)C2c2cccc(C)c2)c1. The second-order valence-corrected chi connectivity index (χ2v) is 8.48. The summed E-state index contributed by atoms with van der Waals surface area (Å²) in [5.74, 6) is -1.45. The first-order chi connectivity index (χ1) is 15.8. The standard InChI is InChI=1S/C26H21Cl2NO4/c1-3-33-19-10-11-21(28)20(14-19)24(30)22-23(16-7-4-6-15(2)12-16)29(26(32)25(22)31)18-9-5-8-17(27)13-18/h4-14,23,30H,3H2,1-2H3/b24-22+. The number of Topliss-reactive ketones (excluding diaryl/α,β-unsaturated/α-hetero) is 1. The third kappa shape index (κ3) is 4.34. The Bertz CT molecular complexity index is 1280. The van der Waals surface area contributed by atoms with Crippen LogP contribution in [-0.2, 0) is 9.59 Å². The number of ether oxygens (including phenoxy) is 1. The average Bonchev–Trinajstić information content (AvgIpc) is 3.05. The Kier molecular flexibility index (Phi) is 6.45. The highest BCUT2D eigenvalue weighted by molar-refractivity contribution is 6.52. The van der Waals surface area contributed by atoms with Gasteiger partial charge in [-0.2, -0.15) is 0 Å². The molecule has 1 heterocycles. The van der Waals surface area contributed by atoms with Crippen molar-refractivity contribution in [2.24, 2.45) is 0 Å². The van der Waals surface area contributed by atoms with Gasteiger partial charge in [-0.3, -0.25) is 14.5 Å². The van der Waals surface area contributed by atoms with E-state index in [4.69, 9.17) is 27.9 Å². The van der Waals surface area contributed by atoms with Crippen molar-refractivity contribution in [1.82, 2.24) is 0 Å². The Morgan fingerprint density at radius 3 is 2.48 bits per heavy atom. The van der Waals surface area contributed by atoms with E-state index in [2.05, 4.69) is 0 Å². The molecule has 1 amide bonds. The fourth-order valence-electron chi connectivity index (χ4n) is 3.97. The van der Waals surface area contributed by atoms with Gasteiger partial charge in [0.05, 0.1) is 23.2 Å². The number of ketones is 1. The minimum atomic E-state index is -0.866. The van der Waals surface area contributed by atoms with Gasteiger partial charge in [0.1, 0.15) is 11.5 Å². The number of aryl methyl sites for hydroxylation is 1. The first-order valence-corrected chi connectivity index (χ1v) is 11.1. The Balaban J connectivity index is 1.97. The van der Waals surface area contributed by atoms with Crippen molar-refractivity contribution in [3.05, 3.63) is 99.0 Å². The van der Waals surface area contributed by atoms with Crippen molar-refractivity contribution in [3.8, 4) is 5.75 Å². The van der Waals surface area contributed by atoms with Crippen molar-refractivity contribution >= 4 is 46.3 Å². The predicted octanol–water partition coefficient (Wildman–Crippen LogP) is 6.33. The lowest BCUT2D eigenvalue weighted by Gasteiger charge is -2.26. The van der Waals surface area contributed by atoms with Gasteiger partial charge >= 0.3 is 0 Å². The molecule has 0 aliphatic carbocycles. The summed E-state index contributed by atoms with van der Waals surface area (Å²) in [6, 6.07) is 18.1. The monoisotopic (exact) mass is 481 g/mol. The number of carbonyl (C=O) groups excluding carboxylic acids is 2. The number of hydrogen-bond donors (Lipinski definition) is 1. The van der Waals surface area contributed by atoms with Crippen LogP contribution in [0.15, 0.2) is 72.3 Å². The van der Waals surface area contributed by atoms with E-state index >= 15 is 0 Å². The third-order valence-corrected chi connectivity index (χ3v) is 5.96. The molecular formula is C26H21Cl2NO4. The van der Waals surface area contributed by atoms with Crippen LogP contribution in [0.2, 0.25) is 10.0 Å². The van der Waals surface area contributed by atoms with E-state index in [-0.39, 0.29) is 21.9 Å². The normalized spacial score (nSPS) is 17.5. The van der Waals surface area contributed by atoms with Gasteiger partial charge < -0.3 is 9.84 Å². The van der Waals surface area contributed by atoms with Crippen LogP contribution < -0.4 is 9.64 Å². The van der Waals surface area contributed by atoms with Crippen LogP contribution in [0.3, 0.4) is 0 Å². The van der Waals surface area contributed by atoms with Crippen LogP contribution in [0.25, 0.3) is 5.76 Å². The second kappa shape index (κ2) is 9.30. The van der Waals surface area contributed by atoms with Crippen molar-refractivity contribution in [3.63, 3.8) is 0 Å². The maximum atomic E-state index is 13.3. The van der Waals surface area contributed by atoms with Gasteiger partial charge in [0.25, 0.3) is 11.7 Å². The summed E-state index contributed by atoms with van der Waals surface area (Å²) in [5.41, 5.74) is 2.23. The smallest absolute Gasteiger partial charge is 0.300 e. The summed E-state index contributed by atoms with van der Waals surface area (Å²) in [6.45, 7) is 4.17. The Morgan fingerprint density at radius 1 is 1.03 bits per heavy atom. The highest BCUT2D eigenvalue weighted by atomic mass is 35.5. The molecule has 33 heavy (non-hydrogen) atoms. The van der Waals surface area contributed by atoms with Crippen LogP contribution in [0.5, 0.6) is 5.75 Å². The fraction of sp³-hybridized carbons (Fsp3) is 0.154. The summed E-state index contributed by atoms with van der Waals surface area (Å²) in [4.78, 5) is 27.8. The van der Waals surface area contributed by atoms with E-state index in [0.29, 0.717) is 28.6 Å². The van der Waals surface area contributed by atoms with E-state index < -0.39 is 17.7 Å². The number of hydrogen-bond acceptors (Lipinski definition) is 4. The molecule has 4 rings (SSSR count). The van der Waals surface area contributed by atoms with E-state index in [9.17, 15) is 14.7 Å². The number of benzene rings is 3. The summed E-state index contributed by atoms with van der Waals surface area (Å²) in [5, 5.41) is 12.0. The highest BCUT2D eigenvalue weighted by Crippen LogP contribution is 2.43. The van der Waals surface area contributed by atoms with Crippen LogP contribution in [0, 0.1) is 6.92 Å². The number of aliphatic hydroxyl groups excluding tert-OH is 1. The van der Waals surface area contributed by atoms with Gasteiger partial charge in [0.15, 0.2) is 0 Å². The molecule has 3 aromatic rings. The topological polar surface area (TPSA) is 66.8 Å². The molecule has 168 valence electrons. The van der Waals surface area contributed by atoms with Crippen molar-refractivity contribution in [2.45, 2.75) is 19.9 Å². The number of aliphatic hydroxyl groups is 1. The van der Waals surface area contributed by atoms with Gasteiger partial charge in [-0.1, -0.05) is 59.1 Å². The van der Waals surface area contributed by atoms with Gasteiger partial charge in [-0.25, -0.2) is 0 Å². The minimum Gasteiger partial charge on any atom is -0.507 e. The van der Waals surface area contributed by atoms with Crippen LogP contribution in [-0.4, -0.2) is 23.4 Å². The number of amides is 1. The molecule has 0 bridgehead atoms. The molecule has 0 radical (unpaired) electrons. The zero-order chi connectivity index (χ0) is 23.7. The van der Waals surface area contributed by atoms with E-state index in [1.54, 1.807) is 42.5 Å². The number of anilines is 1. The van der Waals surface area contributed by atoms with E-state index in [1.807, 2.05) is 38.1 Å². The van der Waals surface area contributed by atoms with Gasteiger partial charge in [0.2, 0.25) is 0 Å². The minimum absolute atomic E-state index is 0.0545. The number of nitrogens with zero attached hydrogens (tertiary/aromatic N) is 1. The van der Waals surface area contributed by atoms with Crippen LogP contribution in [0.4, 0.5) is 5.69 Å². The molecule has 0 spiro atoms. The maximum Gasteiger partial charge on any atom is 0.300 e. The zero-order valence-electron chi connectivity index (χ0n) is 18.0. The molecule has 0 saturated carbocycles.